The predicted octanol–water partition coefficient (Wildman–Crippen LogP) is 1.88. The van der Waals surface area contributed by atoms with E-state index in [0.29, 0.717) is 22.8 Å². The maximum atomic E-state index is 12.4. The Labute approximate surface area is 137 Å². The van der Waals surface area contributed by atoms with Crippen molar-refractivity contribution in [3.05, 3.63) is 35.7 Å². The number of rotatable bonds is 5. The summed E-state index contributed by atoms with van der Waals surface area (Å²) in [5, 5.41) is 8.31. The summed E-state index contributed by atoms with van der Waals surface area (Å²) in [6.45, 7) is 0.0711. The molecule has 0 spiro atoms. The van der Waals surface area contributed by atoms with Gasteiger partial charge in [-0.2, -0.15) is 0 Å². The molecule has 1 aliphatic heterocycles. The van der Waals surface area contributed by atoms with Gasteiger partial charge in [0.15, 0.2) is 0 Å². The molecular formula is C14H13N3O4S2. The van der Waals surface area contributed by atoms with E-state index in [4.69, 9.17) is 4.42 Å². The molecule has 1 aromatic heterocycles. The lowest BCUT2D eigenvalue weighted by atomic mass is 10.2. The van der Waals surface area contributed by atoms with Gasteiger partial charge in [0.25, 0.3) is 21.2 Å². The Morgan fingerprint density at radius 3 is 2.78 bits per heavy atom. The predicted molar refractivity (Wildman–Crippen MR) is 81.7 cm³/mol. The van der Waals surface area contributed by atoms with Crippen LogP contribution < -0.4 is 0 Å². The molecule has 0 atom stereocenters. The first-order chi connectivity index (χ1) is 11.1. The zero-order valence-electron chi connectivity index (χ0n) is 12.0. The van der Waals surface area contributed by atoms with Gasteiger partial charge < -0.3 is 4.42 Å². The van der Waals surface area contributed by atoms with E-state index >= 15 is 0 Å². The second kappa shape index (κ2) is 5.34. The van der Waals surface area contributed by atoms with E-state index in [-0.39, 0.29) is 17.0 Å². The Kier molecular flexibility index (Phi) is 3.42. The smallest absolute Gasteiger partial charge is 0.276 e. The van der Waals surface area contributed by atoms with Crippen molar-refractivity contribution >= 4 is 27.7 Å². The summed E-state index contributed by atoms with van der Waals surface area (Å²) < 4.78 is 31.2. The van der Waals surface area contributed by atoms with Crippen LogP contribution in [0.1, 0.15) is 35.0 Å². The van der Waals surface area contributed by atoms with Gasteiger partial charge in [0.2, 0.25) is 5.89 Å². The largest absolute Gasteiger partial charge is 0.416 e. The summed E-state index contributed by atoms with van der Waals surface area (Å²) in [6.07, 6.45) is 2.15. The van der Waals surface area contributed by atoms with E-state index in [1.54, 1.807) is 12.1 Å². The lowest BCUT2D eigenvalue weighted by molar-refractivity contribution is 0.0876. The second-order valence-electron chi connectivity index (χ2n) is 5.41. The Bertz CT molecular complexity index is 874. The number of aromatic nitrogens is 2. The van der Waals surface area contributed by atoms with Gasteiger partial charge in [-0.1, -0.05) is 23.9 Å². The standard InChI is InChI=1S/C14H13N3O4S2/c18-13-10-3-1-2-4-11(10)23(19,20)17(13)7-8-22-14-16-15-12(21-14)9-5-6-9/h1-4,9H,5-8H2. The number of benzene rings is 1. The highest BCUT2D eigenvalue weighted by Crippen LogP contribution is 2.39. The van der Waals surface area contributed by atoms with Crippen LogP contribution in [0.5, 0.6) is 0 Å². The van der Waals surface area contributed by atoms with E-state index in [0.717, 1.165) is 17.1 Å². The minimum atomic E-state index is -3.74. The first-order valence-electron chi connectivity index (χ1n) is 7.19. The van der Waals surface area contributed by atoms with E-state index in [1.807, 2.05) is 0 Å². The third-order valence-corrected chi connectivity index (χ3v) is 6.42. The van der Waals surface area contributed by atoms with Crippen LogP contribution in [-0.4, -0.2) is 41.1 Å². The molecule has 2 aromatic rings. The van der Waals surface area contributed by atoms with E-state index in [2.05, 4.69) is 10.2 Å². The lowest BCUT2D eigenvalue weighted by Crippen LogP contribution is -2.32. The fourth-order valence-corrected chi connectivity index (χ4v) is 4.82. The Morgan fingerprint density at radius 2 is 2.04 bits per heavy atom. The first kappa shape index (κ1) is 14.7. The molecule has 0 N–H and O–H groups in total. The van der Waals surface area contributed by atoms with Crippen molar-refractivity contribution in [3.8, 4) is 0 Å². The molecule has 0 unspecified atom stereocenters. The van der Waals surface area contributed by atoms with Gasteiger partial charge >= 0.3 is 0 Å². The number of carbonyl (C=O) groups is 1. The summed E-state index contributed by atoms with van der Waals surface area (Å²) >= 11 is 1.26. The SMILES string of the molecule is O=C1c2ccccc2S(=O)(=O)N1CCSc1nnc(C2CC2)o1. The minimum absolute atomic E-state index is 0.0711. The zero-order valence-corrected chi connectivity index (χ0v) is 13.6. The highest BCUT2D eigenvalue weighted by atomic mass is 32.2. The van der Waals surface area contributed by atoms with Crippen molar-refractivity contribution in [2.45, 2.75) is 28.9 Å². The summed E-state index contributed by atoms with van der Waals surface area (Å²) in [7, 11) is -3.74. The molecule has 23 heavy (non-hydrogen) atoms. The topological polar surface area (TPSA) is 93.4 Å². The van der Waals surface area contributed by atoms with E-state index < -0.39 is 15.9 Å². The molecule has 0 radical (unpaired) electrons. The van der Waals surface area contributed by atoms with Crippen LogP contribution in [-0.2, 0) is 10.0 Å². The molecule has 1 fully saturated rings. The first-order valence-corrected chi connectivity index (χ1v) is 9.62. The van der Waals surface area contributed by atoms with Crippen molar-refractivity contribution < 1.29 is 17.6 Å². The third kappa shape index (κ3) is 2.53. The molecule has 9 heteroatoms. The molecule has 2 heterocycles. The molecule has 4 rings (SSSR count). The highest BCUT2D eigenvalue weighted by Gasteiger charge is 2.40. The Morgan fingerprint density at radius 1 is 1.26 bits per heavy atom. The number of hydrogen-bond donors (Lipinski definition) is 0. The maximum Gasteiger partial charge on any atom is 0.276 e. The summed E-state index contributed by atoms with van der Waals surface area (Å²) in [5.74, 6) is 0.910. The second-order valence-corrected chi connectivity index (χ2v) is 8.28. The number of fused-ring (bicyclic) bond motifs is 1. The number of nitrogens with zero attached hydrogens (tertiary/aromatic N) is 3. The van der Waals surface area contributed by atoms with Gasteiger partial charge in [-0.3, -0.25) is 4.79 Å². The number of thioether (sulfide) groups is 1. The fourth-order valence-electron chi connectivity index (χ4n) is 2.44. The van der Waals surface area contributed by atoms with E-state index in [1.165, 1.54) is 23.9 Å². The van der Waals surface area contributed by atoms with E-state index in [9.17, 15) is 13.2 Å². The molecule has 1 aromatic carbocycles. The summed E-state index contributed by atoms with van der Waals surface area (Å²) in [6, 6.07) is 6.25. The Balaban J connectivity index is 1.44. The van der Waals surface area contributed by atoms with Gasteiger partial charge in [-0.25, -0.2) is 12.7 Å². The quantitative estimate of drug-likeness (QED) is 0.759. The van der Waals surface area contributed by atoms with Crippen LogP contribution in [0, 0.1) is 0 Å². The van der Waals surface area contributed by atoms with Crippen molar-refractivity contribution in [1.82, 2.24) is 14.5 Å². The normalized spacial score (nSPS) is 19.1. The third-order valence-electron chi connectivity index (χ3n) is 3.78. The molecule has 2 aliphatic rings. The maximum absolute atomic E-state index is 12.4. The fraction of sp³-hybridized carbons (Fsp3) is 0.357. The molecule has 1 saturated carbocycles. The van der Waals surface area contributed by atoms with Gasteiger partial charge in [0, 0.05) is 18.2 Å². The monoisotopic (exact) mass is 351 g/mol. The van der Waals surface area contributed by atoms with Crippen molar-refractivity contribution in [3.63, 3.8) is 0 Å². The van der Waals surface area contributed by atoms with Crippen LogP contribution in [0.25, 0.3) is 0 Å². The number of carbonyl (C=O) groups excluding carboxylic acids is 1. The van der Waals surface area contributed by atoms with Gasteiger partial charge in [0.1, 0.15) is 4.90 Å². The van der Waals surface area contributed by atoms with Crippen LogP contribution in [0.4, 0.5) is 0 Å². The molecule has 7 nitrogen and oxygen atoms in total. The number of amides is 1. The Hall–Kier alpha value is -1.87. The summed E-state index contributed by atoms with van der Waals surface area (Å²) in [4.78, 5) is 12.3. The van der Waals surface area contributed by atoms with Crippen LogP contribution in [0.2, 0.25) is 0 Å². The van der Waals surface area contributed by atoms with Crippen LogP contribution >= 0.6 is 11.8 Å². The van der Waals surface area contributed by atoms with Gasteiger partial charge in [-0.15, -0.1) is 10.2 Å². The zero-order chi connectivity index (χ0) is 16.0. The average Bonchev–Trinajstić information content (AvgIpc) is 3.26. The number of hydrogen-bond acceptors (Lipinski definition) is 7. The van der Waals surface area contributed by atoms with Gasteiger partial charge in [0.05, 0.1) is 5.56 Å². The van der Waals surface area contributed by atoms with Crippen molar-refractivity contribution in [2.75, 3.05) is 12.3 Å². The summed E-state index contributed by atoms with van der Waals surface area (Å²) in [5.41, 5.74) is 0.228. The van der Waals surface area contributed by atoms with Crippen LogP contribution in [0.3, 0.4) is 0 Å². The average molecular weight is 351 g/mol. The van der Waals surface area contributed by atoms with Gasteiger partial charge in [-0.05, 0) is 25.0 Å². The van der Waals surface area contributed by atoms with Crippen molar-refractivity contribution in [1.29, 1.82) is 0 Å². The molecule has 1 amide bonds. The molecule has 0 bridgehead atoms. The van der Waals surface area contributed by atoms with Crippen molar-refractivity contribution in [2.24, 2.45) is 0 Å². The molecule has 0 saturated heterocycles. The molecule has 120 valence electrons. The highest BCUT2D eigenvalue weighted by molar-refractivity contribution is 7.99. The minimum Gasteiger partial charge on any atom is -0.416 e. The molecular weight excluding hydrogens is 338 g/mol. The van der Waals surface area contributed by atoms with Crippen LogP contribution in [0.15, 0.2) is 38.8 Å². The molecule has 1 aliphatic carbocycles. The number of sulfonamides is 1. The lowest BCUT2D eigenvalue weighted by Gasteiger charge is -2.13.